The van der Waals surface area contributed by atoms with E-state index in [9.17, 15) is 9.59 Å². The van der Waals surface area contributed by atoms with E-state index in [0.717, 1.165) is 17.8 Å². The van der Waals surface area contributed by atoms with E-state index in [1.54, 1.807) is 0 Å². The third-order valence-corrected chi connectivity index (χ3v) is 5.51. The number of amides is 2. The molecule has 0 aromatic heterocycles. The molecule has 3 heterocycles. The molecule has 2 unspecified atom stereocenters. The minimum absolute atomic E-state index is 0.0599. The summed E-state index contributed by atoms with van der Waals surface area (Å²) in [6.07, 6.45) is 0. The van der Waals surface area contributed by atoms with Crippen molar-refractivity contribution in [2.75, 3.05) is 31.6 Å². The Morgan fingerprint density at radius 3 is 2.88 bits per heavy atom. The van der Waals surface area contributed by atoms with Crippen LogP contribution in [0.5, 0.6) is 0 Å². The Kier molecular flexibility index (Phi) is 4.51. The molecule has 0 bridgehead atoms. The smallest absolute Gasteiger partial charge is 0.253 e. The fraction of sp³-hybridized carbons (Fsp3) is 0.500. The molecule has 4 N–H and O–H groups in total. The van der Waals surface area contributed by atoms with E-state index in [4.69, 9.17) is 11.6 Å². The van der Waals surface area contributed by atoms with Crippen LogP contribution in [0.1, 0.15) is 11.1 Å². The number of rotatable bonds is 3. The number of hydrazine groups is 2. The predicted octanol–water partition coefficient (Wildman–Crippen LogP) is -0.629. The molecule has 9 heteroatoms. The van der Waals surface area contributed by atoms with Gasteiger partial charge in [-0.2, -0.15) is 0 Å². The van der Waals surface area contributed by atoms with Crippen LogP contribution in [0, 0.1) is 0 Å². The Hall–Kier alpha value is -1.87. The van der Waals surface area contributed by atoms with Crippen LogP contribution >= 0.6 is 11.6 Å². The van der Waals surface area contributed by atoms with Crippen molar-refractivity contribution in [3.8, 4) is 0 Å². The van der Waals surface area contributed by atoms with Crippen molar-refractivity contribution in [2.45, 2.75) is 24.5 Å². The zero-order chi connectivity index (χ0) is 17.4. The van der Waals surface area contributed by atoms with Gasteiger partial charge in [-0.25, -0.2) is 10.9 Å². The topological polar surface area (TPSA) is 88.7 Å². The number of nitrogens with one attached hydrogen (secondary N) is 4. The summed E-state index contributed by atoms with van der Waals surface area (Å²) in [6.45, 7) is 3.52. The maximum atomic E-state index is 12.6. The highest BCUT2D eigenvalue weighted by molar-refractivity contribution is 6.31. The fourth-order valence-corrected chi connectivity index (χ4v) is 3.91. The van der Waals surface area contributed by atoms with Gasteiger partial charge < -0.3 is 10.3 Å². The second-order valence-corrected chi connectivity index (χ2v) is 7.03. The summed E-state index contributed by atoms with van der Waals surface area (Å²) in [7, 11) is 0. The van der Waals surface area contributed by atoms with Crippen LogP contribution in [-0.4, -0.2) is 59.2 Å². The van der Waals surface area contributed by atoms with Gasteiger partial charge in [-0.1, -0.05) is 18.2 Å². The van der Waals surface area contributed by atoms with Gasteiger partial charge in [0.1, 0.15) is 5.38 Å². The number of fused-ring (bicyclic) bond motifs is 1. The van der Waals surface area contributed by atoms with Gasteiger partial charge in [0.25, 0.3) is 5.91 Å². The van der Waals surface area contributed by atoms with E-state index in [1.807, 2.05) is 21.9 Å². The molecule has 8 nitrogen and oxygen atoms in total. The highest BCUT2D eigenvalue weighted by Crippen LogP contribution is 2.26. The first-order chi connectivity index (χ1) is 12.1. The van der Waals surface area contributed by atoms with Crippen molar-refractivity contribution in [1.29, 1.82) is 0 Å². The van der Waals surface area contributed by atoms with Gasteiger partial charge in [0.15, 0.2) is 0 Å². The van der Waals surface area contributed by atoms with Crippen LogP contribution in [0.2, 0.25) is 0 Å². The lowest BCUT2D eigenvalue weighted by atomic mass is 10.1. The molecule has 1 aromatic rings. The average Bonchev–Trinajstić information content (AvgIpc) is 3.09. The van der Waals surface area contributed by atoms with Gasteiger partial charge in [-0.05, 0) is 11.1 Å². The molecule has 2 amide bonds. The zero-order valence-corrected chi connectivity index (χ0v) is 14.5. The van der Waals surface area contributed by atoms with Gasteiger partial charge in [0.2, 0.25) is 5.91 Å². The number of anilines is 1. The van der Waals surface area contributed by atoms with Crippen molar-refractivity contribution in [3.63, 3.8) is 0 Å². The average molecular weight is 365 g/mol. The third-order valence-electron chi connectivity index (χ3n) is 5.02. The number of para-hydroxylation sites is 1. The number of carbonyl (C=O) groups is 2. The van der Waals surface area contributed by atoms with Crippen LogP contribution in [0.25, 0.3) is 0 Å². The highest BCUT2D eigenvalue weighted by atomic mass is 35.5. The molecule has 3 aliphatic rings. The van der Waals surface area contributed by atoms with E-state index < -0.39 is 5.38 Å². The Morgan fingerprint density at radius 1 is 1.16 bits per heavy atom. The first-order valence-corrected chi connectivity index (χ1v) is 8.85. The molecule has 2 saturated heterocycles. The van der Waals surface area contributed by atoms with E-state index in [2.05, 4.69) is 27.8 Å². The lowest BCUT2D eigenvalue weighted by molar-refractivity contribution is -0.139. The normalized spacial score (nSPS) is 27.0. The molecule has 2 fully saturated rings. The molecule has 0 radical (unpaired) electrons. The molecule has 3 aliphatic heterocycles. The molecule has 4 rings (SSSR count). The summed E-state index contributed by atoms with van der Waals surface area (Å²) >= 11 is 6.21. The monoisotopic (exact) mass is 364 g/mol. The third kappa shape index (κ3) is 3.18. The number of alkyl halides is 1. The van der Waals surface area contributed by atoms with Gasteiger partial charge in [0.05, 0.1) is 12.2 Å². The van der Waals surface area contributed by atoms with Gasteiger partial charge in [-0.15, -0.1) is 11.6 Å². The standard InChI is InChI=1S/C16H21ClN6O2/c17-14-12(7-19-21-16(14)25)22-4-5-23(13(24)9-22)8-11-3-1-2-10-6-18-20-15(10)11/h1-3,12,14,18-20H,4-9H2,(H,21,25). The molecule has 25 heavy (non-hydrogen) atoms. The first-order valence-electron chi connectivity index (χ1n) is 8.42. The van der Waals surface area contributed by atoms with E-state index in [-0.39, 0.29) is 24.4 Å². The molecule has 0 spiro atoms. The maximum absolute atomic E-state index is 12.6. The molecule has 0 aliphatic carbocycles. The summed E-state index contributed by atoms with van der Waals surface area (Å²) in [4.78, 5) is 28.2. The SMILES string of the molecule is O=C1NNCC(N2CCN(Cc3cccc4c3NNC4)C(=O)C2)C1Cl. The molecular weight excluding hydrogens is 344 g/mol. The lowest BCUT2D eigenvalue weighted by Crippen LogP contribution is -2.65. The van der Waals surface area contributed by atoms with Gasteiger partial charge in [0, 0.05) is 38.8 Å². The fourth-order valence-electron chi connectivity index (χ4n) is 3.61. The molecule has 2 atom stereocenters. The molecule has 1 aromatic carbocycles. The molecular formula is C16H21ClN6O2. The van der Waals surface area contributed by atoms with Crippen molar-refractivity contribution in [2.24, 2.45) is 0 Å². The number of benzene rings is 1. The Morgan fingerprint density at radius 2 is 2.04 bits per heavy atom. The van der Waals surface area contributed by atoms with Crippen LogP contribution in [0.15, 0.2) is 18.2 Å². The second kappa shape index (κ2) is 6.80. The quantitative estimate of drug-likeness (QED) is 0.534. The zero-order valence-electron chi connectivity index (χ0n) is 13.7. The predicted molar refractivity (Wildman–Crippen MR) is 93.5 cm³/mol. The van der Waals surface area contributed by atoms with Crippen molar-refractivity contribution in [3.05, 3.63) is 29.3 Å². The number of nitrogens with zero attached hydrogens (tertiary/aromatic N) is 2. The van der Waals surface area contributed by atoms with Gasteiger partial charge >= 0.3 is 0 Å². The van der Waals surface area contributed by atoms with Crippen LogP contribution in [0.4, 0.5) is 5.69 Å². The number of carbonyl (C=O) groups excluding carboxylic acids is 2. The number of halogens is 1. The minimum Gasteiger partial charge on any atom is -0.336 e. The lowest BCUT2D eigenvalue weighted by Gasteiger charge is -2.41. The van der Waals surface area contributed by atoms with Crippen molar-refractivity contribution < 1.29 is 9.59 Å². The van der Waals surface area contributed by atoms with Crippen LogP contribution in [-0.2, 0) is 22.7 Å². The van der Waals surface area contributed by atoms with Crippen molar-refractivity contribution in [1.82, 2.24) is 26.1 Å². The summed E-state index contributed by atoms with van der Waals surface area (Å²) in [5.74, 6) is -0.184. The Balaban J connectivity index is 1.41. The first kappa shape index (κ1) is 16.6. The molecule has 0 saturated carbocycles. The summed E-state index contributed by atoms with van der Waals surface area (Å²) in [6, 6.07) is 5.97. The summed E-state index contributed by atoms with van der Waals surface area (Å²) in [5.41, 5.74) is 15.1. The second-order valence-electron chi connectivity index (χ2n) is 6.55. The van der Waals surface area contributed by atoms with Crippen LogP contribution in [0.3, 0.4) is 0 Å². The Labute approximate surface area is 150 Å². The molecule has 134 valence electrons. The van der Waals surface area contributed by atoms with E-state index in [0.29, 0.717) is 26.2 Å². The van der Waals surface area contributed by atoms with E-state index >= 15 is 0 Å². The van der Waals surface area contributed by atoms with Crippen LogP contribution < -0.4 is 21.7 Å². The largest absolute Gasteiger partial charge is 0.336 e. The highest BCUT2D eigenvalue weighted by Gasteiger charge is 2.37. The van der Waals surface area contributed by atoms with Gasteiger partial charge in [-0.3, -0.25) is 19.9 Å². The summed E-state index contributed by atoms with van der Waals surface area (Å²) in [5, 5.41) is -0.645. The number of hydrogen-bond acceptors (Lipinski definition) is 6. The maximum Gasteiger partial charge on any atom is 0.253 e. The Bertz CT molecular complexity index is 699. The van der Waals surface area contributed by atoms with E-state index in [1.165, 1.54) is 5.56 Å². The summed E-state index contributed by atoms with van der Waals surface area (Å²) < 4.78 is 0. The minimum atomic E-state index is -0.645. The number of hydrogen-bond donors (Lipinski definition) is 4. The number of piperazine rings is 1. The van der Waals surface area contributed by atoms with Crippen molar-refractivity contribution >= 4 is 29.1 Å².